The van der Waals surface area contributed by atoms with Crippen LogP contribution < -0.4 is 5.73 Å². The summed E-state index contributed by atoms with van der Waals surface area (Å²) in [5, 5.41) is 9.00. The van der Waals surface area contributed by atoms with Crippen molar-refractivity contribution in [3.05, 3.63) is 35.9 Å². The standard InChI is InChI=1S/C13H20N2O3S/c1-4-5-15(6-7-16)19(17,18)13-10(2)8-12(14)9-11(13)3/h4,8-9,16H,1,5-7,14H2,2-3H3. The molecule has 1 aromatic carbocycles. The van der Waals surface area contributed by atoms with Gasteiger partial charge in [-0.3, -0.25) is 0 Å². The van der Waals surface area contributed by atoms with Crippen molar-refractivity contribution >= 4 is 15.7 Å². The van der Waals surface area contributed by atoms with Gasteiger partial charge in [-0.2, -0.15) is 4.31 Å². The number of rotatable bonds is 6. The van der Waals surface area contributed by atoms with Crippen LogP contribution in [-0.4, -0.2) is 37.5 Å². The van der Waals surface area contributed by atoms with Crippen LogP contribution in [0.4, 0.5) is 5.69 Å². The Morgan fingerprint density at radius 3 is 2.32 bits per heavy atom. The number of aliphatic hydroxyl groups is 1. The molecule has 106 valence electrons. The Morgan fingerprint density at radius 1 is 1.37 bits per heavy atom. The highest BCUT2D eigenvalue weighted by Crippen LogP contribution is 2.26. The molecule has 0 saturated carbocycles. The molecule has 1 rings (SSSR count). The SMILES string of the molecule is C=CCN(CCO)S(=O)(=O)c1c(C)cc(N)cc1C. The predicted molar refractivity (Wildman–Crippen MR) is 76.4 cm³/mol. The normalized spacial score (nSPS) is 11.8. The minimum Gasteiger partial charge on any atom is -0.399 e. The number of sulfonamides is 1. The van der Waals surface area contributed by atoms with Crippen LogP contribution >= 0.6 is 0 Å². The summed E-state index contributed by atoms with van der Waals surface area (Å²) in [6.45, 7) is 6.92. The van der Waals surface area contributed by atoms with Crippen molar-refractivity contribution < 1.29 is 13.5 Å². The summed E-state index contributed by atoms with van der Waals surface area (Å²) in [7, 11) is -3.66. The maximum absolute atomic E-state index is 12.6. The highest BCUT2D eigenvalue weighted by atomic mass is 32.2. The minimum absolute atomic E-state index is 0.0393. The molecule has 0 aromatic heterocycles. The van der Waals surface area contributed by atoms with Crippen LogP contribution in [0.5, 0.6) is 0 Å². The molecule has 0 aliphatic rings. The van der Waals surface area contributed by atoms with Gasteiger partial charge in [0, 0.05) is 18.8 Å². The van der Waals surface area contributed by atoms with Crippen molar-refractivity contribution in [3.8, 4) is 0 Å². The first-order chi connectivity index (χ1) is 8.84. The van der Waals surface area contributed by atoms with E-state index in [4.69, 9.17) is 10.8 Å². The van der Waals surface area contributed by atoms with Gasteiger partial charge in [0.25, 0.3) is 0 Å². The van der Waals surface area contributed by atoms with Crippen LogP contribution in [0, 0.1) is 13.8 Å². The van der Waals surface area contributed by atoms with Crippen molar-refractivity contribution in [2.24, 2.45) is 0 Å². The molecular formula is C13H20N2O3S. The lowest BCUT2D eigenvalue weighted by Crippen LogP contribution is -2.34. The number of nitrogens with two attached hydrogens (primary N) is 1. The van der Waals surface area contributed by atoms with E-state index in [0.717, 1.165) is 0 Å². The highest BCUT2D eigenvalue weighted by molar-refractivity contribution is 7.89. The second-order valence-electron chi connectivity index (χ2n) is 4.36. The smallest absolute Gasteiger partial charge is 0.243 e. The van der Waals surface area contributed by atoms with Gasteiger partial charge < -0.3 is 10.8 Å². The van der Waals surface area contributed by atoms with Gasteiger partial charge in [-0.05, 0) is 37.1 Å². The van der Waals surface area contributed by atoms with E-state index in [1.54, 1.807) is 26.0 Å². The number of nitrogens with zero attached hydrogens (tertiary/aromatic N) is 1. The molecule has 0 heterocycles. The van der Waals surface area contributed by atoms with Crippen LogP contribution in [0.3, 0.4) is 0 Å². The van der Waals surface area contributed by atoms with Crippen LogP contribution in [0.25, 0.3) is 0 Å². The van der Waals surface area contributed by atoms with Crippen molar-refractivity contribution in [2.75, 3.05) is 25.4 Å². The van der Waals surface area contributed by atoms with Gasteiger partial charge in [-0.1, -0.05) is 6.08 Å². The number of hydrogen-bond donors (Lipinski definition) is 2. The van der Waals surface area contributed by atoms with Crippen molar-refractivity contribution in [1.29, 1.82) is 0 Å². The van der Waals surface area contributed by atoms with Gasteiger partial charge >= 0.3 is 0 Å². The predicted octanol–water partition coefficient (Wildman–Crippen LogP) is 1.05. The minimum atomic E-state index is -3.66. The molecule has 3 N–H and O–H groups in total. The molecule has 19 heavy (non-hydrogen) atoms. The summed E-state index contributed by atoms with van der Waals surface area (Å²) in [5.41, 5.74) is 7.44. The quantitative estimate of drug-likeness (QED) is 0.604. The van der Waals surface area contributed by atoms with Crippen LogP contribution in [0.2, 0.25) is 0 Å². The Bertz CT molecular complexity index is 544. The lowest BCUT2D eigenvalue weighted by atomic mass is 10.1. The fourth-order valence-electron chi connectivity index (χ4n) is 2.08. The summed E-state index contributed by atoms with van der Waals surface area (Å²) in [6, 6.07) is 3.26. The lowest BCUT2D eigenvalue weighted by molar-refractivity contribution is 0.260. The van der Waals surface area contributed by atoms with Gasteiger partial charge in [-0.25, -0.2) is 8.42 Å². The number of hydrogen-bond acceptors (Lipinski definition) is 4. The molecule has 0 aliphatic heterocycles. The average Bonchev–Trinajstić information content (AvgIpc) is 2.26. The first-order valence-corrected chi connectivity index (χ1v) is 7.37. The van der Waals surface area contributed by atoms with Gasteiger partial charge in [0.2, 0.25) is 10.0 Å². The zero-order valence-electron chi connectivity index (χ0n) is 11.3. The van der Waals surface area contributed by atoms with E-state index in [1.807, 2.05) is 0 Å². The third kappa shape index (κ3) is 3.34. The van der Waals surface area contributed by atoms with Crippen LogP contribution in [-0.2, 0) is 10.0 Å². The van der Waals surface area contributed by atoms with E-state index in [-0.39, 0.29) is 24.6 Å². The van der Waals surface area contributed by atoms with Gasteiger partial charge in [-0.15, -0.1) is 6.58 Å². The molecule has 0 saturated heterocycles. The molecule has 0 atom stereocenters. The Kier molecular flexibility index (Phi) is 5.11. The number of benzene rings is 1. The molecule has 0 amide bonds. The van der Waals surface area contributed by atoms with E-state index >= 15 is 0 Å². The first-order valence-electron chi connectivity index (χ1n) is 5.93. The van der Waals surface area contributed by atoms with Crippen molar-refractivity contribution in [2.45, 2.75) is 18.7 Å². The maximum Gasteiger partial charge on any atom is 0.243 e. The second-order valence-corrected chi connectivity index (χ2v) is 6.23. The summed E-state index contributed by atoms with van der Waals surface area (Å²) in [6.07, 6.45) is 1.50. The Balaban J connectivity index is 3.37. The topological polar surface area (TPSA) is 83.6 Å². The zero-order valence-corrected chi connectivity index (χ0v) is 12.1. The summed E-state index contributed by atoms with van der Waals surface area (Å²) >= 11 is 0. The summed E-state index contributed by atoms with van der Waals surface area (Å²) in [5.74, 6) is 0. The molecule has 0 radical (unpaired) electrons. The molecule has 5 nitrogen and oxygen atoms in total. The van der Waals surface area contributed by atoms with Crippen molar-refractivity contribution in [1.82, 2.24) is 4.31 Å². The average molecular weight is 284 g/mol. The zero-order chi connectivity index (χ0) is 14.6. The number of aryl methyl sites for hydroxylation is 2. The Labute approximate surface area is 114 Å². The third-order valence-corrected chi connectivity index (χ3v) is 4.93. The molecular weight excluding hydrogens is 264 g/mol. The van der Waals surface area contributed by atoms with E-state index in [0.29, 0.717) is 16.8 Å². The summed E-state index contributed by atoms with van der Waals surface area (Å²) in [4.78, 5) is 0.247. The van der Waals surface area contributed by atoms with Gasteiger partial charge in [0.15, 0.2) is 0 Å². The fraction of sp³-hybridized carbons (Fsp3) is 0.385. The number of nitrogen functional groups attached to an aromatic ring is 1. The van der Waals surface area contributed by atoms with E-state index < -0.39 is 10.0 Å². The van der Waals surface area contributed by atoms with Crippen LogP contribution in [0.15, 0.2) is 29.7 Å². The largest absolute Gasteiger partial charge is 0.399 e. The molecule has 0 fully saturated rings. The highest BCUT2D eigenvalue weighted by Gasteiger charge is 2.26. The van der Waals surface area contributed by atoms with Crippen molar-refractivity contribution in [3.63, 3.8) is 0 Å². The Morgan fingerprint density at radius 2 is 1.89 bits per heavy atom. The van der Waals surface area contributed by atoms with Gasteiger partial charge in [0.05, 0.1) is 11.5 Å². The number of anilines is 1. The van der Waals surface area contributed by atoms with Gasteiger partial charge in [0.1, 0.15) is 0 Å². The molecule has 0 spiro atoms. The lowest BCUT2D eigenvalue weighted by Gasteiger charge is -2.22. The molecule has 1 aromatic rings. The van der Waals surface area contributed by atoms with E-state index in [2.05, 4.69) is 6.58 Å². The molecule has 0 aliphatic carbocycles. The maximum atomic E-state index is 12.6. The molecule has 0 unspecified atom stereocenters. The third-order valence-electron chi connectivity index (χ3n) is 2.76. The van der Waals surface area contributed by atoms with Crippen LogP contribution in [0.1, 0.15) is 11.1 Å². The monoisotopic (exact) mass is 284 g/mol. The second kappa shape index (κ2) is 6.18. The fourth-order valence-corrected chi connectivity index (χ4v) is 3.90. The first kappa shape index (κ1) is 15.7. The Hall–Kier alpha value is -1.37. The molecule has 0 bridgehead atoms. The number of aliphatic hydroxyl groups excluding tert-OH is 1. The van der Waals surface area contributed by atoms with E-state index in [1.165, 1.54) is 10.4 Å². The van der Waals surface area contributed by atoms with E-state index in [9.17, 15) is 8.42 Å². The summed E-state index contributed by atoms with van der Waals surface area (Å²) < 4.78 is 26.4. The molecule has 6 heteroatoms.